The van der Waals surface area contributed by atoms with Crippen LogP contribution >= 0.6 is 0 Å². The lowest BCUT2D eigenvalue weighted by Crippen LogP contribution is -2.49. The summed E-state index contributed by atoms with van der Waals surface area (Å²) < 4.78 is 7.63. The Bertz CT molecular complexity index is 907. The van der Waals surface area contributed by atoms with Crippen molar-refractivity contribution in [2.75, 3.05) is 18.6 Å². The number of para-hydroxylation sites is 2. The monoisotopic (exact) mass is 383 g/mol. The van der Waals surface area contributed by atoms with Crippen LogP contribution in [-0.2, 0) is 11.2 Å². The van der Waals surface area contributed by atoms with Crippen LogP contribution in [0.1, 0.15) is 49.2 Å². The largest absolute Gasteiger partial charge is 0.489 e. The van der Waals surface area contributed by atoms with Gasteiger partial charge in [-0.05, 0) is 30.9 Å². The minimum Gasteiger partial charge on any atom is -0.489 e. The van der Waals surface area contributed by atoms with Crippen molar-refractivity contribution in [1.82, 2.24) is 20.1 Å². The molecule has 0 fully saturated rings. The first-order chi connectivity index (χ1) is 13.5. The molecule has 1 N–H and O–H groups in total. The molecule has 2 unspecified atom stereocenters. The SMILES string of the molecule is CC(C)C1CCCc2nc(C(=O)NC3COc4ccccc4N(C)C3=O)nn21. The van der Waals surface area contributed by atoms with Gasteiger partial charge >= 0.3 is 0 Å². The van der Waals surface area contributed by atoms with Crippen LogP contribution in [0, 0.1) is 5.92 Å². The number of aromatic nitrogens is 3. The van der Waals surface area contributed by atoms with Crippen LogP contribution in [0.25, 0.3) is 0 Å². The first-order valence-corrected chi connectivity index (χ1v) is 9.71. The fourth-order valence-electron chi connectivity index (χ4n) is 3.87. The first kappa shape index (κ1) is 18.5. The molecule has 1 aromatic carbocycles. The summed E-state index contributed by atoms with van der Waals surface area (Å²) in [5.74, 6) is 1.29. The second-order valence-electron chi connectivity index (χ2n) is 7.70. The Morgan fingerprint density at radius 2 is 2.11 bits per heavy atom. The van der Waals surface area contributed by atoms with Gasteiger partial charge in [0, 0.05) is 13.5 Å². The number of anilines is 1. The number of carbonyl (C=O) groups is 2. The van der Waals surface area contributed by atoms with E-state index < -0.39 is 11.9 Å². The first-order valence-electron chi connectivity index (χ1n) is 9.71. The summed E-state index contributed by atoms with van der Waals surface area (Å²) in [7, 11) is 1.68. The quantitative estimate of drug-likeness (QED) is 0.875. The Morgan fingerprint density at radius 3 is 2.89 bits per heavy atom. The maximum absolute atomic E-state index is 12.8. The lowest BCUT2D eigenvalue weighted by atomic mass is 9.95. The van der Waals surface area contributed by atoms with Gasteiger partial charge in [0.05, 0.1) is 11.7 Å². The van der Waals surface area contributed by atoms with Gasteiger partial charge in [0.15, 0.2) is 0 Å². The van der Waals surface area contributed by atoms with Crippen molar-refractivity contribution in [3.05, 3.63) is 35.9 Å². The summed E-state index contributed by atoms with van der Waals surface area (Å²) in [5, 5.41) is 7.20. The Kier molecular flexibility index (Phi) is 4.78. The second-order valence-corrected chi connectivity index (χ2v) is 7.70. The third-order valence-electron chi connectivity index (χ3n) is 5.46. The number of nitrogens with zero attached hydrogens (tertiary/aromatic N) is 4. The molecule has 0 aliphatic carbocycles. The van der Waals surface area contributed by atoms with Gasteiger partial charge in [0.2, 0.25) is 5.82 Å². The maximum Gasteiger partial charge on any atom is 0.291 e. The number of ether oxygens (including phenoxy) is 1. The van der Waals surface area contributed by atoms with Gasteiger partial charge in [0.25, 0.3) is 11.8 Å². The number of rotatable bonds is 3. The average molecular weight is 383 g/mol. The molecule has 2 aliphatic heterocycles. The predicted octanol–water partition coefficient (Wildman–Crippen LogP) is 1.97. The van der Waals surface area contributed by atoms with E-state index in [1.54, 1.807) is 13.1 Å². The number of aryl methyl sites for hydroxylation is 1. The van der Waals surface area contributed by atoms with Crippen LogP contribution in [0.3, 0.4) is 0 Å². The molecule has 1 aromatic heterocycles. The van der Waals surface area contributed by atoms with Crippen LogP contribution in [0.2, 0.25) is 0 Å². The van der Waals surface area contributed by atoms with Gasteiger partial charge < -0.3 is 15.0 Å². The normalized spacial score (nSPS) is 21.6. The van der Waals surface area contributed by atoms with Crippen molar-refractivity contribution in [3.63, 3.8) is 0 Å². The molecule has 2 atom stereocenters. The number of benzene rings is 1. The van der Waals surface area contributed by atoms with E-state index in [9.17, 15) is 9.59 Å². The molecule has 2 aromatic rings. The summed E-state index contributed by atoms with van der Waals surface area (Å²) in [6.07, 6.45) is 2.89. The molecule has 2 amide bonds. The molecule has 0 saturated heterocycles. The molecule has 3 heterocycles. The number of likely N-dealkylation sites (N-methyl/N-ethyl adjacent to an activating group) is 1. The molecule has 28 heavy (non-hydrogen) atoms. The molecule has 4 rings (SSSR count). The van der Waals surface area contributed by atoms with Gasteiger partial charge in [-0.2, -0.15) is 0 Å². The number of carbonyl (C=O) groups excluding carboxylic acids is 2. The van der Waals surface area contributed by atoms with E-state index in [4.69, 9.17) is 4.74 Å². The zero-order valence-corrected chi connectivity index (χ0v) is 16.4. The van der Waals surface area contributed by atoms with Crippen LogP contribution in [-0.4, -0.2) is 46.3 Å². The van der Waals surface area contributed by atoms with Crippen molar-refractivity contribution >= 4 is 17.5 Å². The predicted molar refractivity (Wildman–Crippen MR) is 103 cm³/mol. The highest BCUT2D eigenvalue weighted by molar-refractivity contribution is 6.02. The van der Waals surface area contributed by atoms with E-state index >= 15 is 0 Å². The molecular weight excluding hydrogens is 358 g/mol. The molecule has 2 aliphatic rings. The summed E-state index contributed by atoms with van der Waals surface area (Å²) >= 11 is 0. The molecular formula is C20H25N5O3. The van der Waals surface area contributed by atoms with E-state index in [0.717, 1.165) is 25.1 Å². The average Bonchev–Trinajstić information content (AvgIpc) is 3.10. The number of nitrogens with one attached hydrogen (secondary N) is 1. The number of amides is 2. The van der Waals surface area contributed by atoms with Crippen LogP contribution in [0.15, 0.2) is 24.3 Å². The third kappa shape index (κ3) is 3.23. The van der Waals surface area contributed by atoms with Crippen molar-refractivity contribution in [2.24, 2.45) is 5.92 Å². The van der Waals surface area contributed by atoms with E-state index in [-0.39, 0.29) is 24.4 Å². The summed E-state index contributed by atoms with van der Waals surface area (Å²) in [6.45, 7) is 4.36. The Labute approximate surface area is 163 Å². The van der Waals surface area contributed by atoms with Crippen molar-refractivity contribution in [3.8, 4) is 5.75 Å². The molecule has 148 valence electrons. The van der Waals surface area contributed by atoms with Gasteiger partial charge in [-0.3, -0.25) is 9.59 Å². The molecule has 0 bridgehead atoms. The second kappa shape index (κ2) is 7.26. The van der Waals surface area contributed by atoms with Crippen LogP contribution in [0.5, 0.6) is 5.75 Å². The number of hydrogen-bond donors (Lipinski definition) is 1. The van der Waals surface area contributed by atoms with Gasteiger partial charge in [-0.1, -0.05) is 26.0 Å². The summed E-state index contributed by atoms with van der Waals surface area (Å²) in [4.78, 5) is 31.5. The number of fused-ring (bicyclic) bond motifs is 2. The zero-order chi connectivity index (χ0) is 19.8. The third-order valence-corrected chi connectivity index (χ3v) is 5.46. The summed E-state index contributed by atoms with van der Waals surface area (Å²) in [5.41, 5.74) is 0.680. The van der Waals surface area contributed by atoms with Crippen molar-refractivity contribution in [1.29, 1.82) is 0 Å². The smallest absolute Gasteiger partial charge is 0.291 e. The van der Waals surface area contributed by atoms with E-state index in [0.29, 0.717) is 17.4 Å². The standard InChI is InChI=1S/C20H25N5O3/c1-12(2)14-8-6-10-17-22-18(23-25(14)17)19(26)21-13-11-28-16-9-5-4-7-15(16)24(3)20(13)27/h4-5,7,9,12-14H,6,8,10-11H2,1-3H3,(H,21,26). The number of hydrogen-bond acceptors (Lipinski definition) is 5. The van der Waals surface area contributed by atoms with Gasteiger partial charge in [-0.15, -0.1) is 5.10 Å². The fourth-order valence-corrected chi connectivity index (χ4v) is 3.87. The van der Waals surface area contributed by atoms with Crippen molar-refractivity contribution in [2.45, 2.75) is 45.2 Å². The van der Waals surface area contributed by atoms with E-state index in [1.165, 1.54) is 4.90 Å². The fraction of sp³-hybridized carbons (Fsp3) is 0.500. The lowest BCUT2D eigenvalue weighted by molar-refractivity contribution is -0.120. The topological polar surface area (TPSA) is 89.3 Å². The maximum atomic E-state index is 12.8. The van der Waals surface area contributed by atoms with Crippen LogP contribution < -0.4 is 15.0 Å². The Balaban J connectivity index is 1.52. The zero-order valence-electron chi connectivity index (χ0n) is 16.4. The molecule has 8 nitrogen and oxygen atoms in total. The minimum atomic E-state index is -0.800. The Morgan fingerprint density at radius 1 is 1.32 bits per heavy atom. The molecule has 0 saturated carbocycles. The molecule has 0 spiro atoms. The molecule has 0 radical (unpaired) electrons. The van der Waals surface area contributed by atoms with Gasteiger partial charge in [0.1, 0.15) is 24.2 Å². The van der Waals surface area contributed by atoms with Gasteiger partial charge in [-0.25, -0.2) is 9.67 Å². The highest BCUT2D eigenvalue weighted by Crippen LogP contribution is 2.30. The van der Waals surface area contributed by atoms with Crippen LogP contribution in [0.4, 0.5) is 5.69 Å². The highest BCUT2D eigenvalue weighted by atomic mass is 16.5. The minimum absolute atomic E-state index is 0.0636. The lowest BCUT2D eigenvalue weighted by Gasteiger charge is -2.26. The highest BCUT2D eigenvalue weighted by Gasteiger charge is 2.32. The Hall–Kier alpha value is -2.90. The van der Waals surface area contributed by atoms with E-state index in [1.807, 2.05) is 22.9 Å². The molecule has 8 heteroatoms. The van der Waals surface area contributed by atoms with Crippen molar-refractivity contribution < 1.29 is 14.3 Å². The summed E-state index contributed by atoms with van der Waals surface area (Å²) in [6, 6.07) is 6.76. The van der Waals surface area contributed by atoms with E-state index in [2.05, 4.69) is 29.2 Å².